The highest BCUT2D eigenvalue weighted by atomic mass is 16.3. The summed E-state index contributed by atoms with van der Waals surface area (Å²) in [6.07, 6.45) is 3.26. The summed E-state index contributed by atoms with van der Waals surface area (Å²) in [5, 5.41) is 3.11. The van der Waals surface area contributed by atoms with Crippen molar-refractivity contribution in [3.8, 4) is 11.8 Å². The van der Waals surface area contributed by atoms with Gasteiger partial charge in [-0.2, -0.15) is 0 Å². The number of rotatable bonds is 2. The van der Waals surface area contributed by atoms with Crippen molar-refractivity contribution in [2.75, 3.05) is 13.1 Å². The van der Waals surface area contributed by atoms with Crippen molar-refractivity contribution >= 4 is 0 Å². The molecule has 0 fully saturated rings. The average Bonchev–Trinajstić information content (AvgIpc) is 2.50. The average molecular weight is 149 g/mol. The van der Waals surface area contributed by atoms with Gasteiger partial charge in [0.2, 0.25) is 0 Å². The maximum Gasteiger partial charge on any atom is 0.106 e. The zero-order chi connectivity index (χ0) is 7.94. The molecule has 1 aromatic heterocycles. The number of nitrogens with one attached hydrogen (secondary N) is 1. The van der Waals surface area contributed by atoms with E-state index in [4.69, 9.17) is 4.42 Å². The Hall–Kier alpha value is -1.20. The Morgan fingerprint density at radius 3 is 3.18 bits per heavy atom. The lowest BCUT2D eigenvalue weighted by Gasteiger charge is -1.87. The largest absolute Gasteiger partial charge is 0.471 e. The molecule has 0 amide bonds. The van der Waals surface area contributed by atoms with Crippen LogP contribution in [0.1, 0.15) is 12.5 Å². The second kappa shape index (κ2) is 4.59. The van der Waals surface area contributed by atoms with Crippen molar-refractivity contribution in [2.45, 2.75) is 6.92 Å². The Kier molecular flexibility index (Phi) is 3.30. The van der Waals surface area contributed by atoms with E-state index < -0.39 is 0 Å². The second-order valence-corrected chi connectivity index (χ2v) is 2.09. The highest BCUT2D eigenvalue weighted by molar-refractivity contribution is 5.30. The topological polar surface area (TPSA) is 25.2 Å². The zero-order valence-corrected chi connectivity index (χ0v) is 6.55. The molecule has 0 aliphatic carbocycles. The number of hydrogen-bond donors (Lipinski definition) is 1. The van der Waals surface area contributed by atoms with Crippen LogP contribution in [0.5, 0.6) is 0 Å². The monoisotopic (exact) mass is 149 g/mol. The van der Waals surface area contributed by atoms with Gasteiger partial charge in [-0.05, 0) is 12.6 Å². The molecule has 0 aliphatic heterocycles. The lowest BCUT2D eigenvalue weighted by molar-refractivity contribution is 0.566. The van der Waals surface area contributed by atoms with E-state index in [2.05, 4.69) is 24.1 Å². The van der Waals surface area contributed by atoms with Crippen LogP contribution in [-0.2, 0) is 0 Å². The minimum atomic E-state index is 0.738. The van der Waals surface area contributed by atoms with Crippen LogP contribution in [0.25, 0.3) is 0 Å². The van der Waals surface area contributed by atoms with E-state index in [0.717, 1.165) is 18.7 Å². The smallest absolute Gasteiger partial charge is 0.106 e. The van der Waals surface area contributed by atoms with Gasteiger partial charge < -0.3 is 9.73 Å². The molecule has 0 spiro atoms. The van der Waals surface area contributed by atoms with Crippen molar-refractivity contribution in [3.05, 3.63) is 24.2 Å². The molecule has 0 radical (unpaired) electrons. The molecular weight excluding hydrogens is 138 g/mol. The minimum absolute atomic E-state index is 0.738. The first kappa shape index (κ1) is 7.90. The highest BCUT2D eigenvalue weighted by Gasteiger charge is 1.83. The van der Waals surface area contributed by atoms with Gasteiger partial charge in [-0.1, -0.05) is 18.8 Å². The summed E-state index contributed by atoms with van der Waals surface area (Å²) in [4.78, 5) is 0. The lowest BCUT2D eigenvalue weighted by atomic mass is 10.3. The van der Waals surface area contributed by atoms with Crippen LogP contribution in [0.15, 0.2) is 23.0 Å². The summed E-state index contributed by atoms with van der Waals surface area (Å²) < 4.78 is 4.85. The van der Waals surface area contributed by atoms with E-state index in [1.165, 1.54) is 0 Å². The minimum Gasteiger partial charge on any atom is -0.471 e. The summed E-state index contributed by atoms with van der Waals surface area (Å²) in [6, 6.07) is 1.85. The van der Waals surface area contributed by atoms with Crippen LogP contribution >= 0.6 is 0 Å². The standard InChI is InChI=1S/C9H11NO/c1-2-10-6-3-4-9-5-7-11-8-9/h5,7-8,10H,2,6H2,1H3. The maximum atomic E-state index is 4.85. The first-order valence-corrected chi connectivity index (χ1v) is 3.65. The Labute approximate surface area is 66.6 Å². The van der Waals surface area contributed by atoms with Gasteiger partial charge in [-0.15, -0.1) is 0 Å². The summed E-state index contributed by atoms with van der Waals surface area (Å²) in [5.41, 5.74) is 0.933. The van der Waals surface area contributed by atoms with Crippen LogP contribution in [0, 0.1) is 11.8 Å². The lowest BCUT2D eigenvalue weighted by Crippen LogP contribution is -2.11. The van der Waals surface area contributed by atoms with Gasteiger partial charge in [0, 0.05) is 0 Å². The molecular formula is C9H11NO. The van der Waals surface area contributed by atoms with Gasteiger partial charge in [0.25, 0.3) is 0 Å². The molecule has 58 valence electrons. The fraction of sp³-hybridized carbons (Fsp3) is 0.333. The second-order valence-electron chi connectivity index (χ2n) is 2.09. The summed E-state index contributed by atoms with van der Waals surface area (Å²) in [6.45, 7) is 3.75. The van der Waals surface area contributed by atoms with Crippen LogP contribution < -0.4 is 5.32 Å². The van der Waals surface area contributed by atoms with Crippen molar-refractivity contribution < 1.29 is 4.42 Å². The van der Waals surface area contributed by atoms with E-state index in [1.807, 2.05) is 6.07 Å². The van der Waals surface area contributed by atoms with Crippen LogP contribution in [-0.4, -0.2) is 13.1 Å². The zero-order valence-electron chi connectivity index (χ0n) is 6.55. The summed E-state index contributed by atoms with van der Waals surface area (Å²) in [7, 11) is 0. The summed E-state index contributed by atoms with van der Waals surface area (Å²) in [5.74, 6) is 5.92. The Balaban J connectivity index is 2.33. The normalized spacial score (nSPS) is 8.82. The van der Waals surface area contributed by atoms with Gasteiger partial charge in [-0.3, -0.25) is 0 Å². The van der Waals surface area contributed by atoms with Crippen LogP contribution in [0.3, 0.4) is 0 Å². The molecule has 1 heterocycles. The third-order valence-electron chi connectivity index (χ3n) is 1.22. The number of furan rings is 1. The summed E-state index contributed by atoms with van der Waals surface area (Å²) >= 11 is 0. The molecule has 2 heteroatoms. The third-order valence-corrected chi connectivity index (χ3v) is 1.22. The first-order chi connectivity index (χ1) is 5.43. The first-order valence-electron chi connectivity index (χ1n) is 3.65. The third kappa shape index (κ3) is 2.92. The van der Waals surface area contributed by atoms with E-state index in [0.29, 0.717) is 0 Å². The molecule has 2 nitrogen and oxygen atoms in total. The van der Waals surface area contributed by atoms with E-state index in [1.54, 1.807) is 12.5 Å². The molecule has 0 aromatic carbocycles. The van der Waals surface area contributed by atoms with E-state index >= 15 is 0 Å². The molecule has 0 bridgehead atoms. The Bertz CT molecular complexity index is 240. The quantitative estimate of drug-likeness (QED) is 0.505. The molecule has 11 heavy (non-hydrogen) atoms. The molecule has 1 aromatic rings. The van der Waals surface area contributed by atoms with Crippen molar-refractivity contribution in [1.82, 2.24) is 5.32 Å². The molecule has 1 rings (SSSR count). The van der Waals surface area contributed by atoms with Crippen molar-refractivity contribution in [1.29, 1.82) is 0 Å². The van der Waals surface area contributed by atoms with E-state index in [9.17, 15) is 0 Å². The van der Waals surface area contributed by atoms with Crippen LogP contribution in [0.4, 0.5) is 0 Å². The number of hydrogen-bond acceptors (Lipinski definition) is 2. The van der Waals surface area contributed by atoms with Gasteiger partial charge in [-0.25, -0.2) is 0 Å². The fourth-order valence-electron chi connectivity index (χ4n) is 0.669. The predicted molar refractivity (Wildman–Crippen MR) is 44.1 cm³/mol. The van der Waals surface area contributed by atoms with E-state index in [-0.39, 0.29) is 0 Å². The fourth-order valence-corrected chi connectivity index (χ4v) is 0.669. The van der Waals surface area contributed by atoms with Crippen LogP contribution in [0.2, 0.25) is 0 Å². The van der Waals surface area contributed by atoms with Gasteiger partial charge in [0.05, 0.1) is 18.4 Å². The Morgan fingerprint density at radius 2 is 2.55 bits per heavy atom. The van der Waals surface area contributed by atoms with Gasteiger partial charge >= 0.3 is 0 Å². The molecule has 1 N–H and O–H groups in total. The predicted octanol–water partition coefficient (Wildman–Crippen LogP) is 1.24. The molecule has 0 aliphatic rings. The molecule has 0 unspecified atom stereocenters. The SMILES string of the molecule is CCNCC#Cc1ccoc1. The van der Waals surface area contributed by atoms with Gasteiger partial charge in [0.1, 0.15) is 6.26 Å². The Morgan fingerprint density at radius 1 is 1.64 bits per heavy atom. The van der Waals surface area contributed by atoms with Crippen molar-refractivity contribution in [2.24, 2.45) is 0 Å². The van der Waals surface area contributed by atoms with Gasteiger partial charge in [0.15, 0.2) is 0 Å². The maximum absolute atomic E-state index is 4.85. The van der Waals surface area contributed by atoms with Crippen molar-refractivity contribution in [3.63, 3.8) is 0 Å². The molecule has 0 saturated heterocycles. The molecule has 0 saturated carbocycles. The highest BCUT2D eigenvalue weighted by Crippen LogP contribution is 1.95. The molecule has 0 atom stereocenters.